The van der Waals surface area contributed by atoms with Gasteiger partial charge < -0.3 is 5.73 Å². The fraction of sp³-hybridized carbons (Fsp3) is 0.727. The number of aromatic nitrogens is 2. The molecule has 1 saturated heterocycles. The van der Waals surface area contributed by atoms with Gasteiger partial charge in [-0.15, -0.1) is 0 Å². The van der Waals surface area contributed by atoms with Gasteiger partial charge in [0, 0.05) is 31.0 Å². The summed E-state index contributed by atoms with van der Waals surface area (Å²) in [6.45, 7) is 5.17. The van der Waals surface area contributed by atoms with Crippen LogP contribution < -0.4 is 5.73 Å². The highest BCUT2D eigenvalue weighted by molar-refractivity contribution is 4.98. The maximum atomic E-state index is 5.85. The number of hydrogen-bond acceptors (Lipinski definition) is 3. The molecule has 0 bridgehead atoms. The third-order valence-corrected chi connectivity index (χ3v) is 3.40. The number of aromatic amines is 1. The lowest BCUT2D eigenvalue weighted by atomic mass is 9.91. The largest absolute Gasteiger partial charge is 0.329 e. The molecule has 0 saturated carbocycles. The van der Waals surface area contributed by atoms with E-state index in [4.69, 9.17) is 5.73 Å². The third-order valence-electron chi connectivity index (χ3n) is 3.40. The molecule has 1 aliphatic rings. The second-order valence-corrected chi connectivity index (χ2v) is 4.47. The number of rotatable bonds is 3. The summed E-state index contributed by atoms with van der Waals surface area (Å²) in [6, 6.07) is 2.56. The molecule has 4 heteroatoms. The van der Waals surface area contributed by atoms with Crippen molar-refractivity contribution in [3.63, 3.8) is 0 Å². The van der Waals surface area contributed by atoms with Crippen LogP contribution in [0.3, 0.4) is 0 Å². The second kappa shape index (κ2) is 4.77. The van der Waals surface area contributed by atoms with Crippen LogP contribution in [0.2, 0.25) is 0 Å². The van der Waals surface area contributed by atoms with Crippen LogP contribution in [0.25, 0.3) is 0 Å². The van der Waals surface area contributed by atoms with Gasteiger partial charge in [-0.2, -0.15) is 5.10 Å². The van der Waals surface area contributed by atoms with Gasteiger partial charge in [0.1, 0.15) is 0 Å². The Hall–Kier alpha value is -0.870. The lowest BCUT2D eigenvalue weighted by molar-refractivity contribution is 0.0977. The molecule has 1 aromatic rings. The molecule has 2 unspecified atom stereocenters. The molecule has 1 aliphatic heterocycles. The third kappa shape index (κ3) is 2.38. The van der Waals surface area contributed by atoms with Gasteiger partial charge in [0.15, 0.2) is 0 Å². The number of H-pyrrole nitrogens is 1. The van der Waals surface area contributed by atoms with Gasteiger partial charge in [-0.1, -0.05) is 6.92 Å². The molecule has 0 radical (unpaired) electrons. The highest BCUT2D eigenvalue weighted by Crippen LogP contribution is 2.23. The summed E-state index contributed by atoms with van der Waals surface area (Å²) in [5.41, 5.74) is 7.03. The molecule has 4 nitrogen and oxygen atoms in total. The first-order valence-corrected chi connectivity index (χ1v) is 5.73. The highest BCUT2D eigenvalue weighted by Gasteiger charge is 2.27. The predicted octanol–water partition coefficient (Wildman–Crippen LogP) is 0.969. The fourth-order valence-corrected chi connectivity index (χ4v) is 2.50. The van der Waals surface area contributed by atoms with Crippen LogP contribution in [-0.2, 0) is 6.54 Å². The Labute approximate surface area is 90.8 Å². The van der Waals surface area contributed by atoms with Crippen molar-refractivity contribution in [3.05, 3.63) is 18.0 Å². The molecule has 0 aromatic carbocycles. The Balaban J connectivity index is 2.00. The average molecular weight is 208 g/mol. The zero-order chi connectivity index (χ0) is 10.7. The van der Waals surface area contributed by atoms with Crippen molar-refractivity contribution in [1.29, 1.82) is 0 Å². The molecule has 0 aliphatic carbocycles. The number of nitrogens with one attached hydrogen (secondary N) is 1. The number of hydrogen-bond donors (Lipinski definition) is 2. The molecular formula is C11H20N4. The summed E-state index contributed by atoms with van der Waals surface area (Å²) in [5.74, 6) is 0.715. The number of nitrogens with zero attached hydrogens (tertiary/aromatic N) is 2. The number of piperidine rings is 1. The minimum Gasteiger partial charge on any atom is -0.329 e. The Kier molecular flexibility index (Phi) is 3.38. The van der Waals surface area contributed by atoms with E-state index < -0.39 is 0 Å². The quantitative estimate of drug-likeness (QED) is 0.778. The van der Waals surface area contributed by atoms with Crippen LogP contribution in [-0.4, -0.2) is 34.2 Å². The maximum Gasteiger partial charge on any atom is 0.0492 e. The van der Waals surface area contributed by atoms with E-state index in [9.17, 15) is 0 Å². The molecule has 1 fully saturated rings. The van der Waals surface area contributed by atoms with Crippen LogP contribution in [0.15, 0.2) is 12.3 Å². The van der Waals surface area contributed by atoms with Crippen molar-refractivity contribution in [1.82, 2.24) is 15.1 Å². The zero-order valence-electron chi connectivity index (χ0n) is 9.32. The first-order chi connectivity index (χ1) is 7.31. The second-order valence-electron chi connectivity index (χ2n) is 4.47. The van der Waals surface area contributed by atoms with Gasteiger partial charge in [0.25, 0.3) is 0 Å². The summed E-state index contributed by atoms with van der Waals surface area (Å²) in [5, 5.41) is 6.99. The first kappa shape index (κ1) is 10.6. The average Bonchev–Trinajstić information content (AvgIpc) is 2.71. The minimum atomic E-state index is 0.530. The van der Waals surface area contributed by atoms with Crippen LogP contribution in [0.1, 0.15) is 25.5 Å². The van der Waals surface area contributed by atoms with Crippen molar-refractivity contribution < 1.29 is 0 Å². The molecule has 15 heavy (non-hydrogen) atoms. The van der Waals surface area contributed by atoms with Gasteiger partial charge in [-0.25, -0.2) is 0 Å². The summed E-state index contributed by atoms with van der Waals surface area (Å²) >= 11 is 0. The molecule has 2 atom stereocenters. The standard InChI is InChI=1S/C11H20N4/c1-9-3-2-6-15(11(9)7-12)8-10-4-5-13-14-10/h4-5,9,11H,2-3,6-8,12H2,1H3,(H,13,14). The molecule has 2 rings (SSSR count). The molecule has 84 valence electrons. The van der Waals surface area contributed by atoms with E-state index in [1.807, 2.05) is 6.07 Å². The van der Waals surface area contributed by atoms with Gasteiger partial charge in [0.05, 0.1) is 0 Å². The smallest absolute Gasteiger partial charge is 0.0492 e. The van der Waals surface area contributed by atoms with E-state index in [0.29, 0.717) is 12.0 Å². The van der Waals surface area contributed by atoms with Crippen LogP contribution >= 0.6 is 0 Å². The molecule has 0 spiro atoms. The van der Waals surface area contributed by atoms with Crippen molar-refractivity contribution in [3.8, 4) is 0 Å². The Bertz CT molecular complexity index is 283. The van der Waals surface area contributed by atoms with Crippen LogP contribution in [0, 0.1) is 5.92 Å². The van der Waals surface area contributed by atoms with Crippen molar-refractivity contribution in [2.75, 3.05) is 13.1 Å². The highest BCUT2D eigenvalue weighted by atomic mass is 15.2. The van der Waals surface area contributed by atoms with Crippen molar-refractivity contribution >= 4 is 0 Å². The van der Waals surface area contributed by atoms with Gasteiger partial charge in [-0.3, -0.25) is 10.00 Å². The summed E-state index contributed by atoms with van der Waals surface area (Å²) in [4.78, 5) is 2.47. The fourth-order valence-electron chi connectivity index (χ4n) is 2.50. The normalized spacial score (nSPS) is 28.1. The summed E-state index contributed by atoms with van der Waals surface area (Å²) < 4.78 is 0. The Morgan fingerprint density at radius 1 is 1.67 bits per heavy atom. The van der Waals surface area contributed by atoms with Crippen molar-refractivity contribution in [2.24, 2.45) is 11.7 Å². The Morgan fingerprint density at radius 3 is 3.20 bits per heavy atom. The lowest BCUT2D eigenvalue weighted by Gasteiger charge is -2.39. The minimum absolute atomic E-state index is 0.530. The van der Waals surface area contributed by atoms with Gasteiger partial charge >= 0.3 is 0 Å². The lowest BCUT2D eigenvalue weighted by Crippen LogP contribution is -2.48. The molecule has 3 N–H and O–H groups in total. The van der Waals surface area contributed by atoms with E-state index in [0.717, 1.165) is 19.6 Å². The van der Waals surface area contributed by atoms with E-state index in [1.54, 1.807) is 6.20 Å². The predicted molar refractivity (Wildman–Crippen MR) is 60.2 cm³/mol. The molecule has 1 aromatic heterocycles. The van der Waals surface area contributed by atoms with Crippen LogP contribution in [0.4, 0.5) is 0 Å². The SMILES string of the molecule is CC1CCCN(Cc2ccn[nH]2)C1CN. The van der Waals surface area contributed by atoms with Crippen LogP contribution in [0.5, 0.6) is 0 Å². The van der Waals surface area contributed by atoms with Gasteiger partial charge in [0.2, 0.25) is 0 Å². The van der Waals surface area contributed by atoms with E-state index in [-0.39, 0.29) is 0 Å². The zero-order valence-corrected chi connectivity index (χ0v) is 9.32. The monoisotopic (exact) mass is 208 g/mol. The van der Waals surface area contributed by atoms with E-state index in [2.05, 4.69) is 22.0 Å². The van der Waals surface area contributed by atoms with E-state index >= 15 is 0 Å². The summed E-state index contributed by atoms with van der Waals surface area (Å²) in [6.07, 6.45) is 4.40. The van der Waals surface area contributed by atoms with E-state index in [1.165, 1.54) is 18.5 Å². The first-order valence-electron chi connectivity index (χ1n) is 5.73. The summed E-state index contributed by atoms with van der Waals surface area (Å²) in [7, 11) is 0. The topological polar surface area (TPSA) is 57.9 Å². The van der Waals surface area contributed by atoms with Gasteiger partial charge in [-0.05, 0) is 31.4 Å². The molecule has 2 heterocycles. The Morgan fingerprint density at radius 2 is 2.53 bits per heavy atom. The number of likely N-dealkylation sites (tertiary alicyclic amines) is 1. The molecule has 0 amide bonds. The maximum absolute atomic E-state index is 5.85. The molecular weight excluding hydrogens is 188 g/mol. The van der Waals surface area contributed by atoms with Crippen molar-refractivity contribution in [2.45, 2.75) is 32.4 Å². The number of nitrogens with two attached hydrogens (primary N) is 1.